The number of carbonyl (C=O) groups is 1. The smallest absolute Gasteiger partial charge is 0.338 e. The van der Waals surface area contributed by atoms with Gasteiger partial charge in [0.2, 0.25) is 5.79 Å². The number of carbonyl (C=O) groups excluding carboxylic acids is 1. The molecular formula is C9H10O4. The van der Waals surface area contributed by atoms with Gasteiger partial charge in [0.05, 0.1) is 0 Å². The topological polar surface area (TPSA) is 66.8 Å². The van der Waals surface area contributed by atoms with E-state index in [2.05, 4.69) is 11.3 Å². The maximum absolute atomic E-state index is 11.0. The van der Waals surface area contributed by atoms with Gasteiger partial charge in [-0.3, -0.25) is 0 Å². The number of aliphatic hydroxyl groups is 2. The molecule has 0 saturated heterocycles. The summed E-state index contributed by atoms with van der Waals surface area (Å²) in [6.45, 7) is 4.83. The lowest BCUT2D eigenvalue weighted by Crippen LogP contribution is -2.28. The van der Waals surface area contributed by atoms with Crippen molar-refractivity contribution < 1.29 is 19.7 Å². The zero-order chi connectivity index (χ0) is 10.1. The molecule has 0 amide bonds. The van der Waals surface area contributed by atoms with Crippen LogP contribution in [0.2, 0.25) is 0 Å². The Hall–Kier alpha value is -1.39. The molecule has 4 heteroatoms. The van der Waals surface area contributed by atoms with Crippen LogP contribution in [0.15, 0.2) is 36.1 Å². The Labute approximate surface area is 75.4 Å². The van der Waals surface area contributed by atoms with Crippen LogP contribution in [0.4, 0.5) is 0 Å². The summed E-state index contributed by atoms with van der Waals surface area (Å²) >= 11 is 0. The molecular weight excluding hydrogens is 172 g/mol. The summed E-state index contributed by atoms with van der Waals surface area (Å²) in [5.74, 6) is -3.06. The van der Waals surface area contributed by atoms with Gasteiger partial charge in [-0.05, 0) is 19.1 Å². The van der Waals surface area contributed by atoms with Gasteiger partial charge in [0.15, 0.2) is 5.76 Å². The third-order valence-electron chi connectivity index (χ3n) is 1.49. The Kier molecular flexibility index (Phi) is 2.36. The van der Waals surface area contributed by atoms with Crippen LogP contribution in [-0.2, 0) is 9.53 Å². The van der Waals surface area contributed by atoms with Gasteiger partial charge in [0, 0.05) is 5.57 Å². The number of esters is 1. The van der Waals surface area contributed by atoms with Crippen LogP contribution in [0.1, 0.15) is 6.92 Å². The maximum atomic E-state index is 11.0. The summed E-state index contributed by atoms with van der Waals surface area (Å²) in [6, 6.07) is 0. The lowest BCUT2D eigenvalue weighted by molar-refractivity contribution is -0.151. The molecule has 0 spiro atoms. The Balaban J connectivity index is 2.68. The second-order valence-corrected chi connectivity index (χ2v) is 2.79. The zero-order valence-electron chi connectivity index (χ0n) is 7.15. The van der Waals surface area contributed by atoms with E-state index < -0.39 is 11.8 Å². The summed E-state index contributed by atoms with van der Waals surface area (Å²) in [5.41, 5.74) is 0.198. The molecule has 0 aromatic carbocycles. The Bertz CT molecular complexity index is 310. The van der Waals surface area contributed by atoms with Gasteiger partial charge < -0.3 is 14.9 Å². The highest BCUT2D eigenvalue weighted by Crippen LogP contribution is 2.22. The van der Waals surface area contributed by atoms with Crippen LogP contribution in [0.3, 0.4) is 0 Å². The fraction of sp³-hybridized carbons (Fsp3) is 0.222. The minimum Gasteiger partial charge on any atom is -0.421 e. The first-order valence-corrected chi connectivity index (χ1v) is 3.66. The van der Waals surface area contributed by atoms with E-state index in [9.17, 15) is 15.0 Å². The van der Waals surface area contributed by atoms with Gasteiger partial charge in [-0.15, -0.1) is 0 Å². The molecule has 0 atom stereocenters. The van der Waals surface area contributed by atoms with Gasteiger partial charge in [-0.2, -0.15) is 0 Å². The number of rotatable bonds is 2. The molecule has 1 aliphatic carbocycles. The molecule has 1 aliphatic rings. The van der Waals surface area contributed by atoms with Crippen LogP contribution in [0, 0.1) is 0 Å². The van der Waals surface area contributed by atoms with Crippen molar-refractivity contribution in [3.05, 3.63) is 36.1 Å². The summed E-state index contributed by atoms with van der Waals surface area (Å²) in [6.07, 6.45) is 3.80. The van der Waals surface area contributed by atoms with Crippen LogP contribution >= 0.6 is 0 Å². The van der Waals surface area contributed by atoms with E-state index in [-0.39, 0.29) is 11.3 Å². The summed E-state index contributed by atoms with van der Waals surface area (Å²) in [4.78, 5) is 11.0. The first-order valence-electron chi connectivity index (χ1n) is 3.66. The third-order valence-corrected chi connectivity index (χ3v) is 1.49. The monoisotopic (exact) mass is 182 g/mol. The van der Waals surface area contributed by atoms with Crippen molar-refractivity contribution in [2.45, 2.75) is 12.7 Å². The molecule has 1 rings (SSSR count). The van der Waals surface area contributed by atoms with Gasteiger partial charge in [0.25, 0.3) is 0 Å². The molecule has 4 nitrogen and oxygen atoms in total. The molecule has 0 bridgehead atoms. The summed E-state index contributed by atoms with van der Waals surface area (Å²) in [5, 5.41) is 18.4. The molecule has 0 fully saturated rings. The molecule has 13 heavy (non-hydrogen) atoms. The highest BCUT2D eigenvalue weighted by Gasteiger charge is 2.31. The highest BCUT2D eigenvalue weighted by molar-refractivity contribution is 5.87. The second kappa shape index (κ2) is 3.16. The van der Waals surface area contributed by atoms with Crippen molar-refractivity contribution in [1.29, 1.82) is 0 Å². The van der Waals surface area contributed by atoms with E-state index in [1.165, 1.54) is 19.1 Å². The highest BCUT2D eigenvalue weighted by atomic mass is 16.6. The van der Waals surface area contributed by atoms with Crippen LogP contribution < -0.4 is 0 Å². The molecule has 0 aliphatic heterocycles. The Morgan fingerprint density at radius 2 is 2.23 bits per heavy atom. The standard InChI is InChI=1S/C9H10O4/c1-6(2)8(10)13-7-4-3-5-9(7,11)12/h3-5,11-12H,1H2,2H3. The van der Waals surface area contributed by atoms with E-state index in [1.807, 2.05) is 0 Å². The van der Waals surface area contributed by atoms with E-state index in [0.717, 1.165) is 6.08 Å². The summed E-state index contributed by atoms with van der Waals surface area (Å²) in [7, 11) is 0. The van der Waals surface area contributed by atoms with Crippen LogP contribution in [0.25, 0.3) is 0 Å². The SMILES string of the molecule is C=C(C)C(=O)OC1=CC=CC1(O)O. The third kappa shape index (κ3) is 2.05. The van der Waals surface area contributed by atoms with E-state index in [1.54, 1.807) is 0 Å². The summed E-state index contributed by atoms with van der Waals surface area (Å²) < 4.78 is 4.65. The van der Waals surface area contributed by atoms with Crippen molar-refractivity contribution in [1.82, 2.24) is 0 Å². The van der Waals surface area contributed by atoms with E-state index >= 15 is 0 Å². The Morgan fingerprint density at radius 1 is 1.62 bits per heavy atom. The average molecular weight is 182 g/mol. The predicted molar refractivity (Wildman–Crippen MR) is 45.3 cm³/mol. The lowest BCUT2D eigenvalue weighted by atomic mass is 10.3. The number of allylic oxidation sites excluding steroid dienone is 2. The van der Waals surface area contributed by atoms with Gasteiger partial charge >= 0.3 is 5.97 Å². The Morgan fingerprint density at radius 3 is 2.62 bits per heavy atom. The average Bonchev–Trinajstić information content (AvgIpc) is 2.30. The maximum Gasteiger partial charge on any atom is 0.338 e. The van der Waals surface area contributed by atoms with Crippen molar-refractivity contribution >= 4 is 5.97 Å². The minimum absolute atomic E-state index is 0.198. The van der Waals surface area contributed by atoms with Gasteiger partial charge in [-0.1, -0.05) is 12.7 Å². The molecule has 0 heterocycles. The fourth-order valence-electron chi connectivity index (χ4n) is 0.771. The molecule has 0 unspecified atom stereocenters. The first-order chi connectivity index (χ1) is 5.93. The molecule has 0 saturated carbocycles. The number of ether oxygens (including phenoxy) is 1. The van der Waals surface area contributed by atoms with Crippen LogP contribution in [0.5, 0.6) is 0 Å². The van der Waals surface area contributed by atoms with Gasteiger partial charge in [0.1, 0.15) is 0 Å². The molecule has 0 radical (unpaired) electrons. The van der Waals surface area contributed by atoms with Crippen molar-refractivity contribution in [2.75, 3.05) is 0 Å². The largest absolute Gasteiger partial charge is 0.421 e. The zero-order valence-corrected chi connectivity index (χ0v) is 7.15. The van der Waals surface area contributed by atoms with Crippen molar-refractivity contribution in [2.24, 2.45) is 0 Å². The number of hydrogen-bond donors (Lipinski definition) is 2. The van der Waals surface area contributed by atoms with Crippen molar-refractivity contribution in [3.63, 3.8) is 0 Å². The fourth-order valence-corrected chi connectivity index (χ4v) is 0.771. The molecule has 70 valence electrons. The normalized spacial score (nSPS) is 18.2. The lowest BCUT2D eigenvalue weighted by Gasteiger charge is -2.16. The minimum atomic E-state index is -2.18. The van der Waals surface area contributed by atoms with E-state index in [4.69, 9.17) is 0 Å². The molecule has 0 aromatic heterocycles. The van der Waals surface area contributed by atoms with Gasteiger partial charge in [-0.25, -0.2) is 4.79 Å². The van der Waals surface area contributed by atoms with Crippen LogP contribution in [-0.4, -0.2) is 22.0 Å². The van der Waals surface area contributed by atoms with Crippen molar-refractivity contribution in [3.8, 4) is 0 Å². The number of hydrogen-bond acceptors (Lipinski definition) is 4. The first kappa shape index (κ1) is 9.70. The quantitative estimate of drug-likeness (QED) is 0.364. The predicted octanol–water partition coefficient (Wildman–Crippen LogP) is 0.240. The second-order valence-electron chi connectivity index (χ2n) is 2.79. The van der Waals surface area contributed by atoms with E-state index in [0.29, 0.717) is 0 Å². The molecule has 0 aromatic rings. The molecule has 2 N–H and O–H groups in total.